The van der Waals surface area contributed by atoms with Crippen LogP contribution < -0.4 is 5.32 Å². The first-order valence-corrected chi connectivity index (χ1v) is 9.38. The van der Waals surface area contributed by atoms with Gasteiger partial charge >= 0.3 is 6.09 Å². The first-order valence-electron chi connectivity index (χ1n) is 8.40. The Labute approximate surface area is 158 Å². The van der Waals surface area contributed by atoms with Gasteiger partial charge in [-0.1, -0.05) is 48.5 Å². The predicted molar refractivity (Wildman–Crippen MR) is 104 cm³/mol. The molecule has 138 valence electrons. The molecule has 0 unspecified atom stereocenters. The molecule has 2 aromatic carbocycles. The SMILES string of the molecule is CN(C)C(=O)C[C@H](CSc1ccccc1)NC(=O)OCc1ccccc1. The summed E-state index contributed by atoms with van der Waals surface area (Å²) in [5, 5.41) is 2.81. The minimum absolute atomic E-state index is 0.0352. The van der Waals surface area contributed by atoms with Gasteiger partial charge in [-0.2, -0.15) is 0 Å². The summed E-state index contributed by atoms with van der Waals surface area (Å²) in [6, 6.07) is 19.1. The average Bonchev–Trinajstić information content (AvgIpc) is 2.66. The Morgan fingerprint density at radius 3 is 2.27 bits per heavy atom. The van der Waals surface area contributed by atoms with Crippen molar-refractivity contribution in [2.24, 2.45) is 0 Å². The van der Waals surface area contributed by atoms with Crippen molar-refractivity contribution in [2.45, 2.75) is 24.0 Å². The quantitative estimate of drug-likeness (QED) is 0.720. The van der Waals surface area contributed by atoms with Gasteiger partial charge in [0.2, 0.25) is 5.91 Å². The predicted octanol–water partition coefficient (Wildman–Crippen LogP) is 3.55. The molecule has 0 heterocycles. The van der Waals surface area contributed by atoms with Crippen molar-refractivity contribution in [1.29, 1.82) is 0 Å². The van der Waals surface area contributed by atoms with Gasteiger partial charge in [0.1, 0.15) is 6.61 Å². The first kappa shape index (κ1) is 19.8. The van der Waals surface area contributed by atoms with Gasteiger partial charge in [0.15, 0.2) is 0 Å². The van der Waals surface area contributed by atoms with Crippen LogP contribution in [0.25, 0.3) is 0 Å². The van der Waals surface area contributed by atoms with Gasteiger partial charge in [0.05, 0.1) is 6.04 Å². The Kier molecular flexibility index (Phi) is 8.02. The average molecular weight is 372 g/mol. The number of rotatable bonds is 8. The Balaban J connectivity index is 1.89. The van der Waals surface area contributed by atoms with Crippen LogP contribution in [0.5, 0.6) is 0 Å². The third kappa shape index (κ3) is 7.19. The molecule has 1 N–H and O–H groups in total. The van der Waals surface area contributed by atoms with Gasteiger partial charge in [-0.3, -0.25) is 4.79 Å². The zero-order valence-corrected chi connectivity index (χ0v) is 15.9. The van der Waals surface area contributed by atoms with Gasteiger partial charge < -0.3 is 15.0 Å². The van der Waals surface area contributed by atoms with Crippen LogP contribution >= 0.6 is 11.8 Å². The standard InChI is InChI=1S/C20H24N2O3S/c1-22(2)19(23)13-17(15-26-18-11-7-4-8-12-18)21-20(24)25-14-16-9-5-3-6-10-16/h3-12,17H,13-15H2,1-2H3,(H,21,24)/t17-/m1/s1. The molecule has 1 atom stereocenters. The summed E-state index contributed by atoms with van der Waals surface area (Å²) in [6.45, 7) is 0.201. The molecule has 0 aromatic heterocycles. The maximum atomic E-state index is 12.1. The summed E-state index contributed by atoms with van der Waals surface area (Å²) >= 11 is 1.60. The van der Waals surface area contributed by atoms with Crippen LogP contribution in [-0.2, 0) is 16.1 Å². The Bertz CT molecular complexity index is 693. The Hall–Kier alpha value is -2.47. The molecule has 0 fully saturated rings. The number of amides is 2. The van der Waals surface area contributed by atoms with E-state index < -0.39 is 6.09 Å². The van der Waals surface area contributed by atoms with Gasteiger partial charge in [-0.25, -0.2) is 4.79 Å². The number of hydrogen-bond acceptors (Lipinski definition) is 4. The van der Waals surface area contributed by atoms with E-state index in [0.717, 1.165) is 10.5 Å². The van der Waals surface area contributed by atoms with Crippen LogP contribution in [0.1, 0.15) is 12.0 Å². The molecule has 0 saturated carbocycles. The van der Waals surface area contributed by atoms with Crippen molar-refractivity contribution < 1.29 is 14.3 Å². The van der Waals surface area contributed by atoms with Crippen LogP contribution in [0.4, 0.5) is 4.79 Å². The van der Waals surface area contributed by atoms with Crippen LogP contribution in [-0.4, -0.2) is 42.8 Å². The Morgan fingerprint density at radius 1 is 1.04 bits per heavy atom. The molecule has 2 rings (SSSR count). The second kappa shape index (κ2) is 10.5. The van der Waals surface area contributed by atoms with Crippen LogP contribution in [0.15, 0.2) is 65.6 Å². The second-order valence-corrected chi connectivity index (χ2v) is 7.11. The van der Waals surface area contributed by atoms with Gasteiger partial charge in [0, 0.05) is 31.2 Å². The number of hydrogen-bond donors (Lipinski definition) is 1. The van der Waals surface area contributed by atoms with E-state index in [1.165, 1.54) is 4.90 Å². The number of thioether (sulfide) groups is 1. The van der Waals surface area contributed by atoms with E-state index in [0.29, 0.717) is 5.75 Å². The van der Waals surface area contributed by atoms with Crippen LogP contribution in [0.2, 0.25) is 0 Å². The topological polar surface area (TPSA) is 58.6 Å². The smallest absolute Gasteiger partial charge is 0.407 e. The molecule has 0 saturated heterocycles. The molecule has 2 aromatic rings. The maximum absolute atomic E-state index is 12.1. The molecule has 0 radical (unpaired) electrons. The molecular formula is C20H24N2O3S. The third-order valence-electron chi connectivity index (χ3n) is 3.65. The summed E-state index contributed by atoms with van der Waals surface area (Å²) in [4.78, 5) is 26.8. The number of nitrogens with one attached hydrogen (secondary N) is 1. The molecule has 6 heteroatoms. The summed E-state index contributed by atoms with van der Waals surface area (Å²) in [5.74, 6) is 0.552. The van der Waals surface area contributed by atoms with E-state index in [9.17, 15) is 9.59 Å². The number of carbonyl (C=O) groups is 2. The van der Waals surface area contributed by atoms with E-state index in [4.69, 9.17) is 4.74 Å². The largest absolute Gasteiger partial charge is 0.445 e. The number of alkyl carbamates (subject to hydrolysis) is 1. The third-order valence-corrected chi connectivity index (χ3v) is 4.82. The van der Waals surface area contributed by atoms with Crippen molar-refractivity contribution in [2.75, 3.05) is 19.8 Å². The van der Waals surface area contributed by atoms with Crippen molar-refractivity contribution in [3.63, 3.8) is 0 Å². The molecule has 5 nitrogen and oxygen atoms in total. The lowest BCUT2D eigenvalue weighted by molar-refractivity contribution is -0.129. The summed E-state index contributed by atoms with van der Waals surface area (Å²) < 4.78 is 5.27. The summed E-state index contributed by atoms with van der Waals surface area (Å²) in [6.07, 6.45) is -0.285. The Morgan fingerprint density at radius 2 is 1.65 bits per heavy atom. The minimum Gasteiger partial charge on any atom is -0.445 e. The second-order valence-electron chi connectivity index (χ2n) is 6.02. The fraction of sp³-hybridized carbons (Fsp3) is 0.300. The highest BCUT2D eigenvalue weighted by molar-refractivity contribution is 7.99. The normalized spacial score (nSPS) is 11.5. The lowest BCUT2D eigenvalue weighted by atomic mass is 10.2. The first-order chi connectivity index (χ1) is 12.5. The molecule has 0 aliphatic carbocycles. The van der Waals surface area contributed by atoms with Crippen LogP contribution in [0.3, 0.4) is 0 Å². The molecule has 26 heavy (non-hydrogen) atoms. The molecule has 0 bridgehead atoms. The molecule has 0 aliphatic heterocycles. The lowest BCUT2D eigenvalue weighted by Gasteiger charge is -2.20. The van der Waals surface area contributed by atoms with Crippen molar-refractivity contribution >= 4 is 23.8 Å². The number of nitrogens with zero attached hydrogens (tertiary/aromatic N) is 1. The molecular weight excluding hydrogens is 348 g/mol. The zero-order valence-electron chi connectivity index (χ0n) is 15.1. The van der Waals surface area contributed by atoms with Gasteiger partial charge in [-0.05, 0) is 17.7 Å². The highest BCUT2D eigenvalue weighted by Crippen LogP contribution is 2.19. The highest BCUT2D eigenvalue weighted by atomic mass is 32.2. The van der Waals surface area contributed by atoms with Crippen molar-refractivity contribution in [3.05, 3.63) is 66.2 Å². The number of benzene rings is 2. The zero-order chi connectivity index (χ0) is 18.8. The number of carbonyl (C=O) groups excluding carboxylic acids is 2. The van der Waals surface area contributed by atoms with Gasteiger partial charge in [0.25, 0.3) is 0 Å². The van der Waals surface area contributed by atoms with E-state index >= 15 is 0 Å². The molecule has 0 aliphatic rings. The van der Waals surface area contributed by atoms with E-state index in [2.05, 4.69) is 5.32 Å². The highest BCUT2D eigenvalue weighted by Gasteiger charge is 2.19. The van der Waals surface area contributed by atoms with E-state index in [-0.39, 0.29) is 25.0 Å². The molecule has 2 amide bonds. The fourth-order valence-electron chi connectivity index (χ4n) is 2.19. The van der Waals surface area contributed by atoms with E-state index in [1.807, 2.05) is 60.7 Å². The van der Waals surface area contributed by atoms with Crippen molar-refractivity contribution in [1.82, 2.24) is 10.2 Å². The van der Waals surface area contributed by atoms with E-state index in [1.54, 1.807) is 25.9 Å². The molecule has 0 spiro atoms. The van der Waals surface area contributed by atoms with Gasteiger partial charge in [-0.15, -0.1) is 11.8 Å². The summed E-state index contributed by atoms with van der Waals surface area (Å²) in [7, 11) is 3.41. The lowest BCUT2D eigenvalue weighted by Crippen LogP contribution is -2.40. The van der Waals surface area contributed by atoms with Crippen LogP contribution in [0, 0.1) is 0 Å². The minimum atomic E-state index is -0.515. The number of ether oxygens (including phenoxy) is 1. The van der Waals surface area contributed by atoms with Crippen molar-refractivity contribution in [3.8, 4) is 0 Å². The maximum Gasteiger partial charge on any atom is 0.407 e. The fourth-order valence-corrected chi connectivity index (χ4v) is 3.13. The monoisotopic (exact) mass is 372 g/mol. The summed E-state index contributed by atoms with van der Waals surface area (Å²) in [5.41, 5.74) is 0.919.